The first-order valence-electron chi connectivity index (χ1n) is 6.01. The zero-order chi connectivity index (χ0) is 13.2. The predicted molar refractivity (Wildman–Crippen MR) is 75.1 cm³/mol. The van der Waals surface area contributed by atoms with Crippen molar-refractivity contribution in [3.8, 4) is 11.3 Å². The van der Waals surface area contributed by atoms with Crippen LogP contribution in [0, 0.1) is 6.92 Å². The van der Waals surface area contributed by atoms with Crippen molar-refractivity contribution < 1.29 is 0 Å². The number of rotatable bonds is 3. The molecule has 1 aromatic carbocycles. The van der Waals surface area contributed by atoms with Crippen molar-refractivity contribution >= 4 is 11.6 Å². The Labute approximate surface area is 116 Å². The molecule has 0 aliphatic rings. The Morgan fingerprint density at radius 2 is 2.05 bits per heavy atom. The first kappa shape index (κ1) is 12.0. The van der Waals surface area contributed by atoms with Crippen LogP contribution in [0.1, 0.15) is 11.4 Å². The van der Waals surface area contributed by atoms with Gasteiger partial charge in [-0.1, -0.05) is 41.9 Å². The third-order valence-electron chi connectivity index (χ3n) is 2.87. The van der Waals surface area contributed by atoms with Crippen LogP contribution in [0.3, 0.4) is 0 Å². The summed E-state index contributed by atoms with van der Waals surface area (Å²) < 4.78 is 1.88. The second-order valence-electron chi connectivity index (χ2n) is 4.40. The third kappa shape index (κ3) is 2.53. The molecule has 3 rings (SSSR count). The van der Waals surface area contributed by atoms with Crippen LogP contribution in [0.25, 0.3) is 11.3 Å². The summed E-state index contributed by atoms with van der Waals surface area (Å²) in [5.41, 5.74) is 2.88. The Hall–Kier alpha value is -2.07. The number of nitrogens with one attached hydrogen (secondary N) is 1. The number of H-pyrrole nitrogens is 1. The van der Waals surface area contributed by atoms with E-state index in [0.717, 1.165) is 23.6 Å². The van der Waals surface area contributed by atoms with Crippen LogP contribution in [-0.2, 0) is 6.54 Å². The van der Waals surface area contributed by atoms with E-state index >= 15 is 0 Å². The van der Waals surface area contributed by atoms with E-state index in [4.69, 9.17) is 11.6 Å². The van der Waals surface area contributed by atoms with Crippen molar-refractivity contribution in [1.82, 2.24) is 19.7 Å². The van der Waals surface area contributed by atoms with Gasteiger partial charge in [-0.2, -0.15) is 5.10 Å². The van der Waals surface area contributed by atoms with Gasteiger partial charge in [-0.3, -0.25) is 4.68 Å². The fourth-order valence-electron chi connectivity index (χ4n) is 2.00. The minimum absolute atomic E-state index is 0.553. The van der Waals surface area contributed by atoms with E-state index in [0.29, 0.717) is 5.15 Å². The first-order valence-corrected chi connectivity index (χ1v) is 6.39. The number of nitrogens with zero attached hydrogens (tertiary/aromatic N) is 3. The highest BCUT2D eigenvalue weighted by atomic mass is 35.5. The minimum Gasteiger partial charge on any atom is -0.333 e. The number of hydrogen-bond acceptors (Lipinski definition) is 2. The molecule has 5 heteroatoms. The number of hydrogen-bond donors (Lipinski definition) is 1. The van der Waals surface area contributed by atoms with E-state index in [-0.39, 0.29) is 0 Å². The summed E-state index contributed by atoms with van der Waals surface area (Å²) in [6.07, 6.45) is 3.74. The van der Waals surface area contributed by atoms with Crippen LogP contribution in [0.5, 0.6) is 0 Å². The first-order chi connectivity index (χ1) is 9.22. The van der Waals surface area contributed by atoms with E-state index in [1.807, 2.05) is 36.0 Å². The monoisotopic (exact) mass is 272 g/mol. The van der Waals surface area contributed by atoms with Crippen LogP contribution in [0.2, 0.25) is 5.15 Å². The highest BCUT2D eigenvalue weighted by Gasteiger charge is 2.10. The topological polar surface area (TPSA) is 46.5 Å². The van der Waals surface area contributed by atoms with Crippen LogP contribution in [-0.4, -0.2) is 19.7 Å². The molecule has 0 spiro atoms. The number of aromatic amines is 1. The van der Waals surface area contributed by atoms with Crippen LogP contribution in [0.15, 0.2) is 42.7 Å². The third-order valence-corrected chi connectivity index (χ3v) is 3.15. The number of imidazole rings is 1. The summed E-state index contributed by atoms with van der Waals surface area (Å²) in [5.74, 6) is 0.802. The molecule has 0 saturated carbocycles. The normalized spacial score (nSPS) is 10.8. The summed E-state index contributed by atoms with van der Waals surface area (Å²) in [5, 5.41) is 4.89. The van der Waals surface area contributed by atoms with E-state index in [9.17, 15) is 0 Å². The van der Waals surface area contributed by atoms with E-state index in [1.54, 1.807) is 6.20 Å². The largest absolute Gasteiger partial charge is 0.333 e. The fourth-order valence-corrected chi connectivity index (χ4v) is 2.28. The summed E-state index contributed by atoms with van der Waals surface area (Å²) in [6, 6.07) is 10.2. The number of benzene rings is 1. The molecule has 0 aliphatic carbocycles. The molecule has 0 atom stereocenters. The highest BCUT2D eigenvalue weighted by molar-refractivity contribution is 6.31. The minimum atomic E-state index is 0.553. The molecule has 96 valence electrons. The van der Waals surface area contributed by atoms with E-state index in [2.05, 4.69) is 27.2 Å². The smallest absolute Gasteiger partial charge is 0.134 e. The number of aryl methyl sites for hydroxylation is 1. The summed E-state index contributed by atoms with van der Waals surface area (Å²) in [4.78, 5) is 7.34. The quantitative estimate of drug-likeness (QED) is 0.795. The van der Waals surface area contributed by atoms with E-state index < -0.39 is 0 Å². The molecule has 19 heavy (non-hydrogen) atoms. The lowest BCUT2D eigenvalue weighted by atomic mass is 10.2. The van der Waals surface area contributed by atoms with E-state index in [1.165, 1.54) is 5.56 Å². The molecule has 1 N–H and O–H groups in total. The van der Waals surface area contributed by atoms with Crippen molar-refractivity contribution in [2.45, 2.75) is 13.5 Å². The van der Waals surface area contributed by atoms with Gasteiger partial charge in [-0.05, 0) is 12.5 Å². The Morgan fingerprint density at radius 1 is 1.26 bits per heavy atom. The van der Waals surface area contributed by atoms with Gasteiger partial charge in [0.15, 0.2) is 0 Å². The van der Waals surface area contributed by atoms with Crippen LogP contribution in [0.4, 0.5) is 0 Å². The van der Waals surface area contributed by atoms with Crippen molar-refractivity contribution in [1.29, 1.82) is 0 Å². The molecule has 0 unspecified atom stereocenters. The molecule has 0 bridgehead atoms. The zero-order valence-electron chi connectivity index (χ0n) is 10.5. The van der Waals surface area contributed by atoms with Crippen LogP contribution < -0.4 is 0 Å². The lowest BCUT2D eigenvalue weighted by Crippen LogP contribution is -1.99. The van der Waals surface area contributed by atoms with Gasteiger partial charge in [-0.15, -0.1) is 0 Å². The van der Waals surface area contributed by atoms with Gasteiger partial charge in [0.25, 0.3) is 0 Å². The molecule has 0 fully saturated rings. The summed E-state index contributed by atoms with van der Waals surface area (Å²) in [7, 11) is 0. The van der Waals surface area contributed by atoms with Crippen LogP contribution >= 0.6 is 11.6 Å². The molecule has 0 aliphatic heterocycles. The molecule has 0 amide bonds. The summed E-state index contributed by atoms with van der Waals surface area (Å²) >= 11 is 6.09. The Balaban J connectivity index is 1.86. The average Bonchev–Trinajstić information content (AvgIpc) is 2.97. The maximum Gasteiger partial charge on any atom is 0.134 e. The van der Waals surface area contributed by atoms with Gasteiger partial charge in [0, 0.05) is 11.8 Å². The van der Waals surface area contributed by atoms with Gasteiger partial charge >= 0.3 is 0 Å². The lowest BCUT2D eigenvalue weighted by Gasteiger charge is -2.00. The predicted octanol–water partition coefficient (Wildman–Crippen LogP) is 3.28. The lowest BCUT2D eigenvalue weighted by molar-refractivity contribution is 0.687. The molecule has 2 heterocycles. The maximum absolute atomic E-state index is 6.09. The molecular weight excluding hydrogens is 260 g/mol. The number of aromatic nitrogens is 4. The average molecular weight is 273 g/mol. The van der Waals surface area contributed by atoms with Crippen molar-refractivity contribution in [2.24, 2.45) is 0 Å². The number of halogens is 1. The van der Waals surface area contributed by atoms with Gasteiger partial charge in [-0.25, -0.2) is 4.98 Å². The highest BCUT2D eigenvalue weighted by Crippen LogP contribution is 2.24. The summed E-state index contributed by atoms with van der Waals surface area (Å²) in [6.45, 7) is 2.62. The molecular formula is C14H13ClN4. The SMILES string of the molecule is Cc1nc(-c2cnn(Cc3ccccc3)c2)c(Cl)[nH]1. The molecule has 3 aromatic rings. The molecule has 0 radical (unpaired) electrons. The fraction of sp³-hybridized carbons (Fsp3) is 0.143. The maximum atomic E-state index is 6.09. The standard InChI is InChI=1S/C14H13ClN4/c1-10-17-13(14(15)18-10)12-7-16-19(9-12)8-11-5-3-2-4-6-11/h2-7,9H,8H2,1H3,(H,17,18). The molecule has 0 saturated heterocycles. The van der Waals surface area contributed by atoms with Gasteiger partial charge in [0.05, 0.1) is 12.7 Å². The zero-order valence-corrected chi connectivity index (χ0v) is 11.2. The molecule has 4 nitrogen and oxygen atoms in total. The van der Waals surface area contributed by atoms with Crippen molar-refractivity contribution in [2.75, 3.05) is 0 Å². The van der Waals surface area contributed by atoms with Crippen molar-refractivity contribution in [3.05, 3.63) is 59.3 Å². The Bertz CT molecular complexity index is 685. The second-order valence-corrected chi connectivity index (χ2v) is 4.77. The molecule has 2 aromatic heterocycles. The van der Waals surface area contributed by atoms with Gasteiger partial charge in [0.2, 0.25) is 0 Å². The van der Waals surface area contributed by atoms with Gasteiger partial charge in [0.1, 0.15) is 16.7 Å². The second kappa shape index (κ2) is 4.90. The van der Waals surface area contributed by atoms with Crippen molar-refractivity contribution in [3.63, 3.8) is 0 Å². The van der Waals surface area contributed by atoms with Gasteiger partial charge < -0.3 is 4.98 Å². The Morgan fingerprint density at radius 3 is 2.74 bits per heavy atom. The Kier molecular flexibility index (Phi) is 3.09.